The van der Waals surface area contributed by atoms with Crippen LogP contribution in [0.15, 0.2) is 17.6 Å². The van der Waals surface area contributed by atoms with E-state index >= 15 is 0 Å². The van der Waals surface area contributed by atoms with Gasteiger partial charge in [0.1, 0.15) is 0 Å². The fraction of sp³-hybridized carbons (Fsp3) is 0.727. The summed E-state index contributed by atoms with van der Waals surface area (Å²) < 4.78 is 39.3. The number of halogens is 3. The van der Waals surface area contributed by atoms with E-state index in [1.54, 1.807) is 0 Å². The highest BCUT2D eigenvalue weighted by Crippen LogP contribution is 2.24. The fourth-order valence-electron chi connectivity index (χ4n) is 2.35. The van der Waals surface area contributed by atoms with Gasteiger partial charge in [-0.3, -0.25) is 4.90 Å². The van der Waals surface area contributed by atoms with Crippen LogP contribution in [0.4, 0.5) is 19.1 Å². The van der Waals surface area contributed by atoms with Crippen molar-refractivity contribution in [3.05, 3.63) is 17.3 Å². The Labute approximate surface area is 118 Å². The average molecular weight is 307 g/mol. The minimum Gasteiger partial charge on any atom is -0.390 e. The molecule has 1 saturated heterocycles. The predicted molar refractivity (Wildman–Crippen MR) is 67.5 cm³/mol. The number of rotatable bonds is 5. The Kier molecular flexibility index (Phi) is 4.91. The molecule has 0 spiro atoms. The molecule has 0 bridgehead atoms. The van der Waals surface area contributed by atoms with Crippen LogP contribution in [0.3, 0.4) is 0 Å². The summed E-state index contributed by atoms with van der Waals surface area (Å²) in [6.07, 6.45) is -2.03. The monoisotopic (exact) mass is 307 g/mol. The summed E-state index contributed by atoms with van der Waals surface area (Å²) in [5.41, 5.74) is 0. The van der Waals surface area contributed by atoms with Gasteiger partial charge in [0.25, 0.3) is 5.95 Å². The predicted octanol–water partition coefficient (Wildman–Crippen LogP) is 1.13. The van der Waals surface area contributed by atoms with Crippen molar-refractivity contribution in [1.29, 1.82) is 0 Å². The second-order valence-corrected chi connectivity index (χ2v) is 4.93. The maximum atomic E-state index is 12.6. The molecule has 21 heavy (non-hydrogen) atoms. The molecule has 0 aliphatic carbocycles. The van der Waals surface area contributed by atoms with Crippen LogP contribution >= 0.6 is 0 Å². The van der Waals surface area contributed by atoms with Crippen molar-refractivity contribution in [2.24, 2.45) is 5.18 Å². The molecule has 0 radical (unpaired) electrons. The van der Waals surface area contributed by atoms with E-state index in [4.69, 9.17) is 0 Å². The van der Waals surface area contributed by atoms with Crippen molar-refractivity contribution in [3.8, 4) is 0 Å². The number of β-amino-alcohol motifs (C(OH)–C–C–N with tert-alkyl or cyclic N) is 1. The number of nitrogens with zero attached hydrogens (tertiary/aromatic N) is 5. The van der Waals surface area contributed by atoms with E-state index in [0.717, 1.165) is 0 Å². The Bertz CT molecular complexity index is 479. The number of hydrogen-bond donors (Lipinski definition) is 1. The maximum absolute atomic E-state index is 12.6. The molecule has 1 atom stereocenters. The van der Waals surface area contributed by atoms with Crippen molar-refractivity contribution in [1.82, 2.24) is 19.4 Å². The smallest absolute Gasteiger partial charge is 0.390 e. The molecule has 10 heteroatoms. The molecule has 2 rings (SSSR count). The van der Waals surface area contributed by atoms with Crippen molar-refractivity contribution in [2.75, 3.05) is 26.3 Å². The summed E-state index contributed by atoms with van der Waals surface area (Å²) in [6.45, 7) is 0.346. The summed E-state index contributed by atoms with van der Waals surface area (Å²) in [5.74, 6) is -0.0652. The van der Waals surface area contributed by atoms with E-state index < -0.39 is 12.4 Å². The molecule has 1 aliphatic heterocycles. The van der Waals surface area contributed by atoms with E-state index in [9.17, 15) is 23.2 Å². The van der Waals surface area contributed by atoms with Crippen LogP contribution in [0, 0.1) is 4.91 Å². The number of aromatic nitrogens is 2. The van der Waals surface area contributed by atoms with E-state index in [-0.39, 0.29) is 32.3 Å². The van der Waals surface area contributed by atoms with Crippen LogP contribution in [-0.2, 0) is 6.54 Å². The van der Waals surface area contributed by atoms with Crippen molar-refractivity contribution in [2.45, 2.75) is 25.4 Å². The number of aliphatic hydroxyl groups is 1. The second-order valence-electron chi connectivity index (χ2n) is 4.93. The van der Waals surface area contributed by atoms with Gasteiger partial charge in [-0.2, -0.15) is 13.2 Å². The van der Waals surface area contributed by atoms with E-state index in [1.807, 2.05) is 0 Å². The van der Waals surface area contributed by atoms with Crippen LogP contribution < -0.4 is 0 Å². The highest BCUT2D eigenvalue weighted by atomic mass is 19.4. The van der Waals surface area contributed by atoms with E-state index in [2.05, 4.69) is 10.2 Å². The lowest BCUT2D eigenvalue weighted by atomic mass is 10.2. The lowest BCUT2D eigenvalue weighted by Crippen LogP contribution is -2.52. The highest BCUT2D eigenvalue weighted by Gasteiger charge is 2.39. The first kappa shape index (κ1) is 15.9. The number of alkyl halides is 3. The van der Waals surface area contributed by atoms with Gasteiger partial charge in [-0.1, -0.05) is 0 Å². The third-order valence-corrected chi connectivity index (χ3v) is 3.28. The maximum Gasteiger partial charge on any atom is 0.460 e. The zero-order chi connectivity index (χ0) is 15.5. The molecular formula is C11H16F3N5O2. The zero-order valence-electron chi connectivity index (χ0n) is 11.2. The van der Waals surface area contributed by atoms with Crippen LogP contribution in [-0.4, -0.2) is 63.2 Å². The van der Waals surface area contributed by atoms with Gasteiger partial charge in [-0.25, -0.2) is 9.88 Å². The Balaban J connectivity index is 1.87. The minimum atomic E-state index is -4.36. The first-order valence-electron chi connectivity index (χ1n) is 6.47. The molecule has 118 valence electrons. The summed E-state index contributed by atoms with van der Waals surface area (Å²) in [5, 5.41) is 12.6. The fourth-order valence-corrected chi connectivity index (χ4v) is 2.35. The number of hydrogen-bond acceptors (Lipinski definition) is 6. The van der Waals surface area contributed by atoms with Crippen LogP contribution in [0.25, 0.3) is 0 Å². The molecule has 7 nitrogen and oxygen atoms in total. The zero-order valence-corrected chi connectivity index (χ0v) is 11.2. The minimum absolute atomic E-state index is 0.0309. The summed E-state index contributed by atoms with van der Waals surface area (Å²) >= 11 is 0. The van der Waals surface area contributed by atoms with Gasteiger partial charge in [0.2, 0.25) is 0 Å². The van der Waals surface area contributed by atoms with E-state index in [0.29, 0.717) is 17.9 Å². The van der Waals surface area contributed by atoms with Crippen molar-refractivity contribution in [3.63, 3.8) is 0 Å². The Hall–Kier alpha value is -1.52. The van der Waals surface area contributed by atoms with Crippen molar-refractivity contribution >= 4 is 5.95 Å². The standard InChI is InChI=1S/C11H16F3N5O2/c12-11(13,14)19-4-1-3-17(8-19)6-9(20)7-18-5-2-15-10(18)16-21/h2,5,9,20H,1,3-4,6-8H2. The molecule has 0 saturated carbocycles. The lowest BCUT2D eigenvalue weighted by Gasteiger charge is -2.37. The average Bonchev–Trinajstić information content (AvgIpc) is 2.85. The van der Waals surface area contributed by atoms with Gasteiger partial charge >= 0.3 is 6.30 Å². The highest BCUT2D eigenvalue weighted by molar-refractivity contribution is 5.15. The Morgan fingerprint density at radius 3 is 2.81 bits per heavy atom. The number of aliphatic hydroxyl groups excluding tert-OH is 1. The van der Waals surface area contributed by atoms with Crippen molar-refractivity contribution < 1.29 is 18.3 Å². The summed E-state index contributed by atoms with van der Waals surface area (Å²) in [6, 6.07) is 0. The van der Waals surface area contributed by atoms with Gasteiger partial charge in [0.05, 0.1) is 19.3 Å². The first-order chi connectivity index (χ1) is 9.90. The summed E-state index contributed by atoms with van der Waals surface area (Å²) in [4.78, 5) is 16.1. The van der Waals surface area contributed by atoms with Crippen LogP contribution in [0.5, 0.6) is 0 Å². The molecule has 1 fully saturated rings. The summed E-state index contributed by atoms with van der Waals surface area (Å²) in [7, 11) is 0. The lowest BCUT2D eigenvalue weighted by molar-refractivity contribution is -0.262. The Morgan fingerprint density at radius 1 is 1.38 bits per heavy atom. The molecule has 2 heterocycles. The molecule has 1 unspecified atom stereocenters. The molecular weight excluding hydrogens is 291 g/mol. The molecule has 1 aromatic heterocycles. The van der Waals surface area contributed by atoms with Gasteiger partial charge < -0.3 is 9.67 Å². The van der Waals surface area contributed by atoms with E-state index in [1.165, 1.54) is 21.9 Å². The molecule has 0 amide bonds. The Morgan fingerprint density at radius 2 is 2.14 bits per heavy atom. The van der Waals surface area contributed by atoms with Gasteiger partial charge in [0.15, 0.2) is 0 Å². The molecule has 1 aromatic rings. The normalized spacial score (nSPS) is 19.6. The number of nitroso groups, excluding NO2 is 1. The second kappa shape index (κ2) is 6.50. The van der Waals surface area contributed by atoms with Gasteiger partial charge in [-0.05, 0) is 6.42 Å². The molecule has 0 aromatic carbocycles. The largest absolute Gasteiger partial charge is 0.460 e. The SMILES string of the molecule is O=Nc1nccn1CC(O)CN1CCCN(C(F)(F)F)C1. The quantitative estimate of drug-likeness (QED) is 0.652. The molecule has 1 aliphatic rings. The molecule has 1 N–H and O–H groups in total. The third kappa shape index (κ3) is 4.22. The first-order valence-corrected chi connectivity index (χ1v) is 6.47. The topological polar surface area (TPSA) is 74.0 Å². The van der Waals surface area contributed by atoms with Gasteiger partial charge in [0, 0.05) is 37.2 Å². The van der Waals surface area contributed by atoms with Crippen LogP contribution in [0.1, 0.15) is 6.42 Å². The number of imidazole rings is 1. The third-order valence-electron chi connectivity index (χ3n) is 3.28. The van der Waals surface area contributed by atoms with Gasteiger partial charge in [-0.15, -0.1) is 4.91 Å². The van der Waals surface area contributed by atoms with Crippen LogP contribution in [0.2, 0.25) is 0 Å².